The molecule has 0 unspecified atom stereocenters. The number of halogens is 3. The van der Waals surface area contributed by atoms with Crippen LogP contribution < -0.4 is 11.2 Å². The number of rotatable bonds is 5. The molecule has 3 aromatic rings. The van der Waals surface area contributed by atoms with E-state index in [-0.39, 0.29) is 11.7 Å². The van der Waals surface area contributed by atoms with E-state index in [9.17, 15) is 4.79 Å². The number of thioether (sulfide) groups is 1. The number of benzene rings is 1. The van der Waals surface area contributed by atoms with Gasteiger partial charge in [0.05, 0.1) is 10.8 Å². The van der Waals surface area contributed by atoms with E-state index in [2.05, 4.69) is 36.4 Å². The van der Waals surface area contributed by atoms with Gasteiger partial charge in [-0.05, 0) is 46.3 Å². The van der Waals surface area contributed by atoms with Crippen molar-refractivity contribution in [3.05, 3.63) is 51.0 Å². The Labute approximate surface area is 171 Å². The van der Waals surface area contributed by atoms with Gasteiger partial charge >= 0.3 is 0 Å². The zero-order valence-corrected chi connectivity index (χ0v) is 16.9. The summed E-state index contributed by atoms with van der Waals surface area (Å²) in [4.78, 5) is 16.1. The van der Waals surface area contributed by atoms with Crippen LogP contribution in [0.15, 0.2) is 46.2 Å². The fraction of sp³-hybridized carbons (Fsp3) is 0.0667. The Morgan fingerprint density at radius 2 is 2.08 bits per heavy atom. The minimum Gasteiger partial charge on any atom is -0.335 e. The fourth-order valence-electron chi connectivity index (χ4n) is 1.99. The van der Waals surface area contributed by atoms with Gasteiger partial charge in [0.2, 0.25) is 11.1 Å². The summed E-state index contributed by atoms with van der Waals surface area (Å²) in [6.07, 6.45) is 1.60. The quantitative estimate of drug-likeness (QED) is 0.431. The van der Waals surface area contributed by atoms with Crippen molar-refractivity contribution in [1.29, 1.82) is 0 Å². The highest BCUT2D eigenvalue weighted by atomic mass is 79.9. The highest BCUT2D eigenvalue weighted by Gasteiger charge is 2.16. The van der Waals surface area contributed by atoms with Gasteiger partial charge in [0, 0.05) is 21.3 Å². The number of carbonyl (C=O) groups excluding carboxylic acids is 1. The summed E-state index contributed by atoms with van der Waals surface area (Å²) in [6.45, 7) is 0. The Kier molecular flexibility index (Phi) is 6.02. The third-order valence-electron chi connectivity index (χ3n) is 3.16. The number of hydrogen-bond donors (Lipinski definition) is 2. The molecule has 7 nitrogen and oxygen atoms in total. The Bertz CT molecular complexity index is 950. The van der Waals surface area contributed by atoms with Crippen LogP contribution in [0, 0.1) is 0 Å². The summed E-state index contributed by atoms with van der Waals surface area (Å²) in [5.41, 5.74) is 0.599. The summed E-state index contributed by atoms with van der Waals surface area (Å²) in [5, 5.41) is 12.0. The monoisotopic (exact) mass is 472 g/mol. The van der Waals surface area contributed by atoms with Crippen molar-refractivity contribution in [2.75, 3.05) is 16.9 Å². The van der Waals surface area contributed by atoms with Crippen LogP contribution in [0.1, 0.15) is 0 Å². The Morgan fingerprint density at radius 3 is 2.77 bits per heavy atom. The summed E-state index contributed by atoms with van der Waals surface area (Å²) >= 11 is 16.5. The van der Waals surface area contributed by atoms with Gasteiger partial charge in [-0.3, -0.25) is 4.79 Å². The highest BCUT2D eigenvalue weighted by Crippen LogP contribution is 2.30. The Morgan fingerprint density at radius 1 is 1.27 bits per heavy atom. The van der Waals surface area contributed by atoms with Gasteiger partial charge in [0.1, 0.15) is 5.82 Å². The van der Waals surface area contributed by atoms with E-state index in [1.165, 1.54) is 4.68 Å². The molecule has 0 spiro atoms. The standard InChI is InChI=1S/C15H11BrCl2N6OS/c16-8-1-4-12(20-6-8)21-13(25)7-26-15-23-22-14(24(15)19)10-3-2-9(17)5-11(10)18/h1-6H,7,19H2,(H,20,21,25). The van der Waals surface area contributed by atoms with Crippen LogP contribution in [0.2, 0.25) is 10.0 Å². The number of nitrogens with zero attached hydrogens (tertiary/aromatic N) is 4. The molecule has 11 heteroatoms. The zero-order chi connectivity index (χ0) is 18.7. The minimum atomic E-state index is -0.237. The average Bonchev–Trinajstić information content (AvgIpc) is 2.96. The molecule has 0 fully saturated rings. The fourth-order valence-corrected chi connectivity index (χ4v) is 3.37. The van der Waals surface area contributed by atoms with E-state index in [0.717, 1.165) is 16.2 Å². The average molecular weight is 474 g/mol. The predicted octanol–water partition coefficient (Wildman–Crippen LogP) is 3.85. The number of anilines is 1. The minimum absolute atomic E-state index is 0.0986. The molecule has 0 atom stereocenters. The molecular formula is C15H11BrCl2N6OS. The van der Waals surface area contributed by atoms with Crippen molar-refractivity contribution < 1.29 is 4.79 Å². The SMILES string of the molecule is Nn1c(SCC(=O)Nc2ccc(Br)cn2)nnc1-c1ccc(Cl)cc1Cl. The van der Waals surface area contributed by atoms with Crippen LogP contribution in [-0.4, -0.2) is 31.5 Å². The van der Waals surface area contributed by atoms with Crippen molar-refractivity contribution in [1.82, 2.24) is 19.9 Å². The number of hydrogen-bond acceptors (Lipinski definition) is 6. The lowest BCUT2D eigenvalue weighted by molar-refractivity contribution is -0.113. The first kappa shape index (κ1) is 19.0. The maximum atomic E-state index is 12.0. The molecule has 0 radical (unpaired) electrons. The van der Waals surface area contributed by atoms with Crippen LogP contribution in [0.25, 0.3) is 11.4 Å². The number of nitrogen functional groups attached to an aromatic ring is 1. The van der Waals surface area contributed by atoms with Crippen molar-refractivity contribution in [3.63, 3.8) is 0 Å². The van der Waals surface area contributed by atoms with Gasteiger partial charge in [-0.25, -0.2) is 9.66 Å². The lowest BCUT2D eigenvalue weighted by Crippen LogP contribution is -2.17. The molecule has 0 bridgehead atoms. The molecule has 2 heterocycles. The lowest BCUT2D eigenvalue weighted by atomic mass is 10.2. The van der Waals surface area contributed by atoms with Gasteiger partial charge in [-0.2, -0.15) is 0 Å². The van der Waals surface area contributed by atoms with Crippen molar-refractivity contribution >= 4 is 62.6 Å². The smallest absolute Gasteiger partial charge is 0.236 e. The molecule has 26 heavy (non-hydrogen) atoms. The molecule has 1 amide bonds. The summed E-state index contributed by atoms with van der Waals surface area (Å²) < 4.78 is 2.11. The molecule has 0 aliphatic heterocycles. The topological polar surface area (TPSA) is 98.7 Å². The van der Waals surface area contributed by atoms with E-state index < -0.39 is 0 Å². The number of carbonyl (C=O) groups is 1. The van der Waals surface area contributed by atoms with Crippen LogP contribution in [0.4, 0.5) is 5.82 Å². The second-order valence-electron chi connectivity index (χ2n) is 5.00. The molecule has 0 saturated heterocycles. The van der Waals surface area contributed by atoms with Crippen molar-refractivity contribution in [3.8, 4) is 11.4 Å². The van der Waals surface area contributed by atoms with Crippen LogP contribution in [-0.2, 0) is 4.79 Å². The first-order valence-electron chi connectivity index (χ1n) is 7.14. The number of aromatic nitrogens is 4. The molecular weight excluding hydrogens is 463 g/mol. The number of pyridine rings is 1. The first-order valence-corrected chi connectivity index (χ1v) is 9.67. The zero-order valence-electron chi connectivity index (χ0n) is 13.0. The van der Waals surface area contributed by atoms with Crippen molar-refractivity contribution in [2.24, 2.45) is 0 Å². The van der Waals surface area contributed by atoms with Gasteiger partial charge < -0.3 is 11.2 Å². The number of nitrogens with one attached hydrogen (secondary N) is 1. The van der Waals surface area contributed by atoms with Crippen molar-refractivity contribution in [2.45, 2.75) is 5.16 Å². The van der Waals surface area contributed by atoms with Crippen LogP contribution >= 0.6 is 50.9 Å². The molecule has 0 aliphatic carbocycles. The van der Waals surface area contributed by atoms with Gasteiger partial charge in [0.15, 0.2) is 5.82 Å². The molecule has 3 N–H and O–H groups in total. The third kappa shape index (κ3) is 4.47. The maximum Gasteiger partial charge on any atom is 0.236 e. The van der Waals surface area contributed by atoms with E-state index in [4.69, 9.17) is 29.0 Å². The normalized spacial score (nSPS) is 10.7. The molecule has 134 valence electrons. The summed E-state index contributed by atoms with van der Waals surface area (Å²) in [5.74, 6) is 6.73. The molecule has 1 aromatic carbocycles. The van der Waals surface area contributed by atoms with Crippen LogP contribution in [0.3, 0.4) is 0 Å². The first-order chi connectivity index (χ1) is 12.4. The third-order valence-corrected chi connectivity index (χ3v) is 5.12. The van der Waals surface area contributed by atoms with E-state index in [1.54, 1.807) is 36.5 Å². The molecule has 2 aromatic heterocycles. The summed E-state index contributed by atoms with van der Waals surface area (Å²) in [7, 11) is 0. The second-order valence-corrected chi connectivity index (χ2v) is 7.70. The predicted molar refractivity (Wildman–Crippen MR) is 107 cm³/mol. The second kappa shape index (κ2) is 8.26. The van der Waals surface area contributed by atoms with Gasteiger partial charge in [-0.1, -0.05) is 35.0 Å². The highest BCUT2D eigenvalue weighted by molar-refractivity contribution is 9.10. The number of amides is 1. The van der Waals surface area contributed by atoms with E-state index >= 15 is 0 Å². The molecule has 0 aliphatic rings. The Hall–Kier alpha value is -1.81. The van der Waals surface area contributed by atoms with Crippen LogP contribution in [0.5, 0.6) is 0 Å². The van der Waals surface area contributed by atoms with Gasteiger partial charge in [0.25, 0.3) is 0 Å². The van der Waals surface area contributed by atoms with E-state index in [1.807, 2.05) is 0 Å². The Balaban J connectivity index is 1.66. The van der Waals surface area contributed by atoms with Gasteiger partial charge in [-0.15, -0.1) is 10.2 Å². The van der Waals surface area contributed by atoms with E-state index in [0.29, 0.717) is 32.4 Å². The maximum absolute atomic E-state index is 12.0. The number of nitrogens with two attached hydrogens (primary N) is 1. The lowest BCUT2D eigenvalue weighted by Gasteiger charge is -2.06. The summed E-state index contributed by atoms with van der Waals surface area (Å²) in [6, 6.07) is 8.47. The molecule has 3 rings (SSSR count). The molecule has 0 saturated carbocycles. The largest absolute Gasteiger partial charge is 0.335 e.